The Morgan fingerprint density at radius 2 is 1.78 bits per heavy atom. The lowest BCUT2D eigenvalue weighted by atomic mass is 9.86. The van der Waals surface area contributed by atoms with Gasteiger partial charge in [-0.25, -0.2) is 5.01 Å². The fourth-order valence-corrected chi connectivity index (χ4v) is 4.78. The molecule has 0 aromatic heterocycles. The van der Waals surface area contributed by atoms with E-state index in [-0.39, 0.29) is 17.4 Å². The normalized spacial score (nSPS) is 21.4. The van der Waals surface area contributed by atoms with E-state index < -0.39 is 5.60 Å². The average molecular weight is 474 g/mol. The second-order valence-corrected chi connectivity index (χ2v) is 10.8. The molecule has 1 unspecified atom stereocenters. The number of hydrogen-bond acceptors (Lipinski definition) is 4. The molecule has 0 aliphatic carbocycles. The molecule has 0 N–H and O–H groups in total. The zero-order valence-corrected chi connectivity index (χ0v) is 20.7. The number of nitrogens with zero attached hydrogens (tertiary/aromatic N) is 3. The van der Waals surface area contributed by atoms with Crippen LogP contribution in [0.15, 0.2) is 47.6 Å². The second kappa shape index (κ2) is 8.36. The number of rotatable bonds is 3. The van der Waals surface area contributed by atoms with Crippen LogP contribution in [0.3, 0.4) is 0 Å². The molecule has 0 radical (unpaired) electrons. The standard InChI is InChI=1S/C25H29Cl2N3O2/c1-16(2)29-14-25(13-22(28-32-25)20-11-10-19(26)12-21(20)27)15-30(29)23(31)17-6-8-18(9-7-17)24(3,4)5/h6-12,16H,13-15H2,1-5H3. The van der Waals surface area contributed by atoms with Crippen molar-refractivity contribution >= 4 is 34.8 Å². The van der Waals surface area contributed by atoms with Crippen LogP contribution in [0.5, 0.6) is 0 Å². The molecular formula is C25H29Cl2N3O2. The highest BCUT2D eigenvalue weighted by molar-refractivity contribution is 6.37. The summed E-state index contributed by atoms with van der Waals surface area (Å²) in [5.74, 6) is -0.0300. The van der Waals surface area contributed by atoms with Gasteiger partial charge in [0.1, 0.15) is 0 Å². The summed E-state index contributed by atoms with van der Waals surface area (Å²) in [4.78, 5) is 19.4. The van der Waals surface area contributed by atoms with Gasteiger partial charge < -0.3 is 4.84 Å². The summed E-state index contributed by atoms with van der Waals surface area (Å²) >= 11 is 12.4. The Morgan fingerprint density at radius 1 is 1.09 bits per heavy atom. The fraction of sp³-hybridized carbons (Fsp3) is 0.440. The Labute approximate surface area is 199 Å². The molecule has 2 aromatic rings. The lowest BCUT2D eigenvalue weighted by Gasteiger charge is -2.30. The zero-order valence-electron chi connectivity index (χ0n) is 19.2. The summed E-state index contributed by atoms with van der Waals surface area (Å²) in [6.45, 7) is 11.7. The van der Waals surface area contributed by atoms with E-state index >= 15 is 0 Å². The van der Waals surface area contributed by atoms with Crippen molar-refractivity contribution < 1.29 is 9.63 Å². The van der Waals surface area contributed by atoms with Gasteiger partial charge in [-0.1, -0.05) is 67.3 Å². The van der Waals surface area contributed by atoms with E-state index in [0.29, 0.717) is 35.1 Å². The number of hydrazine groups is 1. The Bertz CT molecular complexity index is 1060. The van der Waals surface area contributed by atoms with Crippen LogP contribution in [0, 0.1) is 0 Å². The van der Waals surface area contributed by atoms with Gasteiger partial charge >= 0.3 is 0 Å². The van der Waals surface area contributed by atoms with Crippen LogP contribution in [-0.2, 0) is 10.3 Å². The maximum atomic E-state index is 13.5. The van der Waals surface area contributed by atoms with Crippen LogP contribution < -0.4 is 0 Å². The van der Waals surface area contributed by atoms with Gasteiger partial charge in [0, 0.05) is 28.6 Å². The Balaban J connectivity index is 1.55. The topological polar surface area (TPSA) is 45.1 Å². The van der Waals surface area contributed by atoms with Crippen molar-refractivity contribution in [3.05, 3.63) is 69.2 Å². The van der Waals surface area contributed by atoms with Gasteiger partial charge in [0.2, 0.25) is 0 Å². The van der Waals surface area contributed by atoms with Gasteiger partial charge in [0.05, 0.1) is 23.8 Å². The largest absolute Gasteiger partial charge is 0.385 e. The van der Waals surface area contributed by atoms with Crippen molar-refractivity contribution in [2.45, 2.75) is 58.1 Å². The highest BCUT2D eigenvalue weighted by atomic mass is 35.5. The zero-order chi connectivity index (χ0) is 23.3. The molecule has 1 saturated heterocycles. The molecule has 0 bridgehead atoms. The minimum absolute atomic E-state index is 0.0300. The van der Waals surface area contributed by atoms with E-state index in [4.69, 9.17) is 28.0 Å². The number of carbonyl (C=O) groups is 1. The molecule has 32 heavy (non-hydrogen) atoms. The van der Waals surface area contributed by atoms with Crippen molar-refractivity contribution in [2.24, 2.45) is 5.16 Å². The van der Waals surface area contributed by atoms with Gasteiger partial charge in [-0.15, -0.1) is 0 Å². The van der Waals surface area contributed by atoms with Crippen LogP contribution in [0.25, 0.3) is 0 Å². The number of hydrogen-bond donors (Lipinski definition) is 0. The molecule has 1 atom stereocenters. The van der Waals surface area contributed by atoms with E-state index in [1.165, 1.54) is 5.56 Å². The van der Waals surface area contributed by atoms with E-state index in [9.17, 15) is 4.79 Å². The molecule has 1 fully saturated rings. The summed E-state index contributed by atoms with van der Waals surface area (Å²) in [6.07, 6.45) is 0.574. The van der Waals surface area contributed by atoms with Gasteiger partial charge in [0.15, 0.2) is 5.60 Å². The van der Waals surface area contributed by atoms with Crippen LogP contribution in [0.4, 0.5) is 0 Å². The molecule has 7 heteroatoms. The van der Waals surface area contributed by atoms with Crippen molar-refractivity contribution in [1.29, 1.82) is 0 Å². The molecule has 0 saturated carbocycles. The number of amides is 1. The van der Waals surface area contributed by atoms with E-state index in [1.54, 1.807) is 17.1 Å². The van der Waals surface area contributed by atoms with Gasteiger partial charge in [0.25, 0.3) is 5.91 Å². The molecule has 5 nitrogen and oxygen atoms in total. The average Bonchev–Trinajstić information content (AvgIpc) is 3.31. The van der Waals surface area contributed by atoms with Crippen molar-refractivity contribution in [3.63, 3.8) is 0 Å². The molecule has 2 aliphatic heterocycles. The molecule has 2 aromatic carbocycles. The van der Waals surface area contributed by atoms with Crippen LogP contribution in [0.2, 0.25) is 10.0 Å². The number of benzene rings is 2. The molecular weight excluding hydrogens is 445 g/mol. The molecule has 2 heterocycles. The van der Waals surface area contributed by atoms with E-state index in [2.05, 4.69) is 44.8 Å². The Kier molecular flexibility index (Phi) is 6.03. The fourth-order valence-electron chi connectivity index (χ4n) is 4.27. The van der Waals surface area contributed by atoms with Gasteiger partial charge in [-0.05, 0) is 49.1 Å². The summed E-state index contributed by atoms with van der Waals surface area (Å²) < 4.78 is 0. The quantitative estimate of drug-likeness (QED) is 0.554. The first kappa shape index (κ1) is 23.1. The van der Waals surface area contributed by atoms with Gasteiger partial charge in [-0.3, -0.25) is 9.80 Å². The molecule has 1 amide bonds. The first-order valence-corrected chi connectivity index (χ1v) is 11.6. The van der Waals surface area contributed by atoms with Crippen molar-refractivity contribution in [1.82, 2.24) is 10.0 Å². The maximum Gasteiger partial charge on any atom is 0.268 e. The third kappa shape index (κ3) is 4.39. The first-order chi connectivity index (χ1) is 15.0. The minimum Gasteiger partial charge on any atom is -0.385 e. The van der Waals surface area contributed by atoms with Crippen LogP contribution >= 0.6 is 23.2 Å². The van der Waals surface area contributed by atoms with E-state index in [0.717, 1.165) is 11.3 Å². The first-order valence-electron chi connectivity index (χ1n) is 10.9. The molecule has 1 spiro atoms. The third-order valence-corrected chi connectivity index (χ3v) is 6.66. The highest BCUT2D eigenvalue weighted by Crippen LogP contribution is 2.37. The summed E-state index contributed by atoms with van der Waals surface area (Å²) in [5.41, 5.74) is 2.90. The lowest BCUT2D eigenvalue weighted by Crippen LogP contribution is -2.44. The Hall–Kier alpha value is -2.08. The van der Waals surface area contributed by atoms with Crippen LogP contribution in [-0.4, -0.2) is 46.4 Å². The predicted molar refractivity (Wildman–Crippen MR) is 129 cm³/mol. The molecule has 170 valence electrons. The third-order valence-electron chi connectivity index (χ3n) is 6.11. The summed E-state index contributed by atoms with van der Waals surface area (Å²) in [5, 5.41) is 9.35. The smallest absolute Gasteiger partial charge is 0.268 e. The summed E-state index contributed by atoms with van der Waals surface area (Å²) in [6, 6.07) is 13.4. The minimum atomic E-state index is -0.594. The molecule has 2 aliphatic rings. The maximum absolute atomic E-state index is 13.5. The predicted octanol–water partition coefficient (Wildman–Crippen LogP) is 5.94. The second-order valence-electron chi connectivity index (χ2n) is 9.99. The number of halogens is 2. The van der Waals surface area contributed by atoms with Crippen molar-refractivity contribution in [3.8, 4) is 0 Å². The van der Waals surface area contributed by atoms with Crippen LogP contribution in [0.1, 0.15) is 62.5 Å². The summed E-state index contributed by atoms with van der Waals surface area (Å²) in [7, 11) is 0. The van der Waals surface area contributed by atoms with E-state index in [1.807, 2.05) is 30.3 Å². The Morgan fingerprint density at radius 3 is 2.38 bits per heavy atom. The lowest BCUT2D eigenvalue weighted by molar-refractivity contribution is -0.00412. The number of carbonyl (C=O) groups excluding carboxylic acids is 1. The number of oxime groups is 1. The monoisotopic (exact) mass is 473 g/mol. The van der Waals surface area contributed by atoms with Crippen molar-refractivity contribution in [2.75, 3.05) is 13.1 Å². The van der Waals surface area contributed by atoms with Gasteiger partial charge in [-0.2, -0.15) is 0 Å². The molecule has 4 rings (SSSR count). The SMILES string of the molecule is CC(C)N1CC2(CC(c3ccc(Cl)cc3Cl)=NO2)CN1C(=O)c1ccc(C(C)(C)C)cc1. The highest BCUT2D eigenvalue weighted by Gasteiger charge is 2.51.